The number of benzene rings is 3. The van der Waals surface area contributed by atoms with Crippen LogP contribution in [0.5, 0.6) is 0 Å². The minimum absolute atomic E-state index is 0.195. The molecule has 6 heteroatoms. The standard InChI is InChI=1S/C27H31ClFN3O/c28-24-14-12-22(13-15-24)16-20-31(17-5-8-23-7-4-9-25(29)21-23)18-6-19-32(27(30)33)26-10-2-1-3-11-26/h1-4,7,9-15,21H,5-6,8,16-20H2,(H2,30,33). The predicted octanol–water partition coefficient (Wildman–Crippen LogP) is 5.93. The van der Waals surface area contributed by atoms with Crippen LogP contribution in [0.4, 0.5) is 14.9 Å². The lowest BCUT2D eigenvalue weighted by Crippen LogP contribution is -2.38. The minimum Gasteiger partial charge on any atom is -0.351 e. The molecular formula is C27H31ClFN3O. The maximum atomic E-state index is 13.5. The lowest BCUT2D eigenvalue weighted by Gasteiger charge is -2.25. The summed E-state index contributed by atoms with van der Waals surface area (Å²) in [6.07, 6.45) is 3.47. The molecule has 0 atom stereocenters. The smallest absolute Gasteiger partial charge is 0.319 e. The van der Waals surface area contributed by atoms with Crippen molar-refractivity contribution in [1.82, 2.24) is 4.90 Å². The SMILES string of the molecule is NC(=O)N(CCCN(CCCc1cccc(F)c1)CCc1ccc(Cl)cc1)c1ccccc1. The van der Waals surface area contributed by atoms with E-state index < -0.39 is 6.03 Å². The van der Waals surface area contributed by atoms with Gasteiger partial charge in [0.25, 0.3) is 0 Å². The maximum absolute atomic E-state index is 13.5. The van der Waals surface area contributed by atoms with E-state index in [1.807, 2.05) is 48.5 Å². The molecule has 3 aromatic rings. The third-order valence-corrected chi connectivity index (χ3v) is 5.90. The Hall–Kier alpha value is -2.89. The first-order chi connectivity index (χ1) is 16.0. The Morgan fingerprint density at radius 2 is 1.52 bits per heavy atom. The fourth-order valence-electron chi connectivity index (χ4n) is 3.90. The van der Waals surface area contributed by atoms with Gasteiger partial charge in [0.15, 0.2) is 0 Å². The zero-order valence-corrected chi connectivity index (χ0v) is 19.6. The molecule has 0 spiro atoms. The molecule has 33 heavy (non-hydrogen) atoms. The number of aryl methyl sites for hydroxylation is 1. The van der Waals surface area contributed by atoms with Crippen LogP contribution in [-0.2, 0) is 12.8 Å². The number of nitrogens with two attached hydrogens (primary N) is 1. The van der Waals surface area contributed by atoms with Gasteiger partial charge in [-0.1, -0.05) is 54.1 Å². The molecule has 0 heterocycles. The van der Waals surface area contributed by atoms with Gasteiger partial charge in [0.1, 0.15) is 5.82 Å². The van der Waals surface area contributed by atoms with Gasteiger partial charge < -0.3 is 10.6 Å². The average Bonchev–Trinajstić information content (AvgIpc) is 2.81. The Bertz CT molecular complexity index is 998. The van der Waals surface area contributed by atoms with Gasteiger partial charge in [-0.05, 0) is 86.3 Å². The van der Waals surface area contributed by atoms with Crippen molar-refractivity contribution in [3.05, 3.63) is 101 Å². The topological polar surface area (TPSA) is 49.6 Å². The number of urea groups is 1. The number of anilines is 1. The summed E-state index contributed by atoms with van der Waals surface area (Å²) in [7, 11) is 0. The number of hydrogen-bond acceptors (Lipinski definition) is 2. The maximum Gasteiger partial charge on any atom is 0.319 e. The molecule has 2 amide bonds. The molecule has 0 bridgehead atoms. The zero-order valence-electron chi connectivity index (χ0n) is 18.8. The van der Waals surface area contributed by atoms with E-state index >= 15 is 0 Å². The number of hydrogen-bond donors (Lipinski definition) is 1. The van der Waals surface area contributed by atoms with Gasteiger partial charge in [0.05, 0.1) is 0 Å². The van der Waals surface area contributed by atoms with Crippen molar-refractivity contribution in [2.24, 2.45) is 5.73 Å². The van der Waals surface area contributed by atoms with Crippen LogP contribution in [0, 0.1) is 5.82 Å². The molecule has 4 nitrogen and oxygen atoms in total. The van der Waals surface area contributed by atoms with Gasteiger partial charge in [-0.2, -0.15) is 0 Å². The van der Waals surface area contributed by atoms with E-state index in [0.29, 0.717) is 6.54 Å². The van der Waals surface area contributed by atoms with Crippen LogP contribution in [0.15, 0.2) is 78.9 Å². The number of primary amides is 1. The Morgan fingerprint density at radius 1 is 0.788 bits per heavy atom. The molecule has 174 valence electrons. The summed E-state index contributed by atoms with van der Waals surface area (Å²) in [5.41, 5.74) is 8.67. The lowest BCUT2D eigenvalue weighted by atomic mass is 10.1. The number of carbonyl (C=O) groups excluding carboxylic acids is 1. The van der Waals surface area contributed by atoms with Crippen molar-refractivity contribution < 1.29 is 9.18 Å². The fourth-order valence-corrected chi connectivity index (χ4v) is 4.03. The van der Waals surface area contributed by atoms with Crippen molar-refractivity contribution in [2.45, 2.75) is 25.7 Å². The van der Waals surface area contributed by atoms with Crippen LogP contribution < -0.4 is 10.6 Å². The molecule has 0 aliphatic carbocycles. The molecule has 0 saturated heterocycles. The second kappa shape index (κ2) is 13.0. The van der Waals surface area contributed by atoms with Crippen LogP contribution in [0.25, 0.3) is 0 Å². The van der Waals surface area contributed by atoms with Gasteiger partial charge in [-0.3, -0.25) is 4.90 Å². The molecule has 0 aliphatic heterocycles. The normalized spacial score (nSPS) is 11.0. The van der Waals surface area contributed by atoms with Gasteiger partial charge in [0.2, 0.25) is 0 Å². The molecule has 2 N–H and O–H groups in total. The number of rotatable bonds is 12. The van der Waals surface area contributed by atoms with E-state index in [4.69, 9.17) is 17.3 Å². The summed E-state index contributed by atoms with van der Waals surface area (Å²) in [6.45, 7) is 3.19. The third-order valence-electron chi connectivity index (χ3n) is 5.65. The van der Waals surface area contributed by atoms with Gasteiger partial charge in [0, 0.05) is 23.8 Å². The summed E-state index contributed by atoms with van der Waals surface area (Å²) in [4.78, 5) is 16.0. The highest BCUT2D eigenvalue weighted by atomic mass is 35.5. The summed E-state index contributed by atoms with van der Waals surface area (Å²) >= 11 is 6.01. The molecule has 0 aliphatic rings. The number of halogens is 2. The largest absolute Gasteiger partial charge is 0.351 e. The van der Waals surface area contributed by atoms with E-state index in [1.54, 1.807) is 17.0 Å². The second-order valence-corrected chi connectivity index (χ2v) is 8.57. The van der Waals surface area contributed by atoms with Crippen molar-refractivity contribution in [2.75, 3.05) is 31.1 Å². The highest BCUT2D eigenvalue weighted by Crippen LogP contribution is 2.15. The first kappa shape index (κ1) is 24.7. The molecule has 3 aromatic carbocycles. The molecule has 0 unspecified atom stereocenters. The number of amides is 2. The minimum atomic E-state index is -0.444. The van der Waals surface area contributed by atoms with E-state index in [2.05, 4.69) is 17.0 Å². The van der Waals surface area contributed by atoms with E-state index in [-0.39, 0.29) is 5.82 Å². The van der Waals surface area contributed by atoms with Crippen molar-refractivity contribution in [3.63, 3.8) is 0 Å². The number of nitrogens with zero attached hydrogens (tertiary/aromatic N) is 2. The van der Waals surface area contributed by atoms with E-state index in [9.17, 15) is 9.18 Å². The molecule has 3 rings (SSSR count). The van der Waals surface area contributed by atoms with E-state index in [1.165, 1.54) is 11.6 Å². The summed E-state index contributed by atoms with van der Waals surface area (Å²) in [5, 5.41) is 0.734. The molecular weight excluding hydrogens is 437 g/mol. The zero-order chi connectivity index (χ0) is 23.5. The lowest BCUT2D eigenvalue weighted by molar-refractivity contribution is 0.251. The number of carbonyl (C=O) groups is 1. The average molecular weight is 468 g/mol. The van der Waals surface area contributed by atoms with Gasteiger partial charge in [-0.15, -0.1) is 0 Å². The van der Waals surface area contributed by atoms with E-state index in [0.717, 1.165) is 61.6 Å². The fraction of sp³-hybridized carbons (Fsp3) is 0.296. The Morgan fingerprint density at radius 3 is 2.21 bits per heavy atom. The summed E-state index contributed by atoms with van der Waals surface area (Å²) in [6, 6.07) is 23.8. The molecule has 0 aromatic heterocycles. The molecule has 0 radical (unpaired) electrons. The first-order valence-electron chi connectivity index (χ1n) is 11.3. The third kappa shape index (κ3) is 8.52. The van der Waals surface area contributed by atoms with Gasteiger partial charge in [-0.25, -0.2) is 9.18 Å². The highest BCUT2D eigenvalue weighted by Gasteiger charge is 2.13. The van der Waals surface area contributed by atoms with Crippen LogP contribution >= 0.6 is 11.6 Å². The van der Waals surface area contributed by atoms with Gasteiger partial charge >= 0.3 is 6.03 Å². The van der Waals surface area contributed by atoms with Crippen molar-refractivity contribution in [1.29, 1.82) is 0 Å². The first-order valence-corrected chi connectivity index (χ1v) is 11.7. The van der Waals surface area contributed by atoms with Crippen LogP contribution in [0.3, 0.4) is 0 Å². The monoisotopic (exact) mass is 467 g/mol. The second-order valence-electron chi connectivity index (χ2n) is 8.13. The quantitative estimate of drug-likeness (QED) is 0.359. The van der Waals surface area contributed by atoms with Crippen molar-refractivity contribution in [3.8, 4) is 0 Å². The highest BCUT2D eigenvalue weighted by molar-refractivity contribution is 6.30. The summed E-state index contributed by atoms with van der Waals surface area (Å²) in [5.74, 6) is -0.195. The molecule has 0 fully saturated rings. The van der Waals surface area contributed by atoms with Crippen molar-refractivity contribution >= 4 is 23.3 Å². The molecule has 0 saturated carbocycles. The predicted molar refractivity (Wildman–Crippen MR) is 134 cm³/mol. The van der Waals surface area contributed by atoms with Crippen LogP contribution in [0.1, 0.15) is 24.0 Å². The number of para-hydroxylation sites is 1. The van der Waals surface area contributed by atoms with Crippen LogP contribution in [-0.4, -0.2) is 37.1 Å². The van der Waals surface area contributed by atoms with Crippen LogP contribution in [0.2, 0.25) is 5.02 Å². The Kier molecular flexibility index (Phi) is 9.73. The Balaban J connectivity index is 1.56. The summed E-state index contributed by atoms with van der Waals surface area (Å²) < 4.78 is 13.5. The Labute approximate surface area is 200 Å².